The average Bonchev–Trinajstić information content (AvgIpc) is 2.46. The number of rotatable bonds is 5. The zero-order valence-corrected chi connectivity index (χ0v) is 11.7. The third-order valence-corrected chi connectivity index (χ3v) is 3.51. The molecule has 0 bridgehead atoms. The van der Waals surface area contributed by atoms with Crippen LogP contribution < -0.4 is 0 Å². The molecule has 0 atom stereocenters. The molecule has 2 rings (SSSR count). The molecule has 4 heteroatoms. The maximum Gasteiger partial charge on any atom is 0.335 e. The lowest BCUT2D eigenvalue weighted by Crippen LogP contribution is -2.07. The summed E-state index contributed by atoms with van der Waals surface area (Å²) in [5, 5.41) is 18.2. The second-order valence-corrected chi connectivity index (χ2v) is 4.91. The summed E-state index contributed by atoms with van der Waals surface area (Å²) in [7, 11) is 0. The van der Waals surface area contributed by atoms with Crippen LogP contribution in [0.2, 0.25) is 0 Å². The first-order valence-corrected chi connectivity index (χ1v) is 6.63. The van der Waals surface area contributed by atoms with Crippen LogP contribution in [0.25, 0.3) is 0 Å². The van der Waals surface area contributed by atoms with Gasteiger partial charge in [0.05, 0.1) is 11.1 Å². The van der Waals surface area contributed by atoms with E-state index < -0.39 is 11.9 Å². The molecular formula is C17H16O4. The van der Waals surface area contributed by atoms with Gasteiger partial charge in [-0.15, -0.1) is 0 Å². The van der Waals surface area contributed by atoms with Crippen molar-refractivity contribution < 1.29 is 19.8 Å². The zero-order chi connectivity index (χ0) is 15.4. The van der Waals surface area contributed by atoms with Crippen molar-refractivity contribution in [3.8, 4) is 0 Å². The first-order chi connectivity index (χ1) is 9.99. The number of aryl methyl sites for hydroxylation is 3. The molecule has 2 aromatic rings. The molecule has 2 aromatic carbocycles. The fraction of sp³-hybridized carbons (Fsp3) is 0.176. The topological polar surface area (TPSA) is 74.6 Å². The Kier molecular flexibility index (Phi) is 4.38. The molecule has 108 valence electrons. The predicted molar refractivity (Wildman–Crippen MR) is 78.9 cm³/mol. The van der Waals surface area contributed by atoms with E-state index in [0.29, 0.717) is 18.4 Å². The Balaban J connectivity index is 2.29. The van der Waals surface area contributed by atoms with E-state index in [0.717, 1.165) is 11.1 Å². The number of hydrogen-bond acceptors (Lipinski definition) is 2. The lowest BCUT2D eigenvalue weighted by atomic mass is 9.96. The predicted octanol–water partition coefficient (Wildman–Crippen LogP) is 3.18. The van der Waals surface area contributed by atoms with Gasteiger partial charge in [0.1, 0.15) is 0 Å². The van der Waals surface area contributed by atoms with Crippen molar-refractivity contribution in [2.24, 2.45) is 0 Å². The number of aromatic carboxylic acids is 2. The molecule has 0 fully saturated rings. The molecule has 2 N–H and O–H groups in total. The summed E-state index contributed by atoms with van der Waals surface area (Å²) < 4.78 is 0. The molecule has 0 aliphatic rings. The molecule has 0 saturated carbocycles. The van der Waals surface area contributed by atoms with Gasteiger partial charge in [-0.05, 0) is 54.7 Å². The Bertz CT molecular complexity index is 689. The van der Waals surface area contributed by atoms with Crippen molar-refractivity contribution in [1.29, 1.82) is 0 Å². The van der Waals surface area contributed by atoms with Crippen molar-refractivity contribution in [2.75, 3.05) is 0 Å². The van der Waals surface area contributed by atoms with Gasteiger partial charge in [-0.25, -0.2) is 9.59 Å². The van der Waals surface area contributed by atoms with Crippen molar-refractivity contribution >= 4 is 11.9 Å². The molecule has 0 aliphatic heterocycles. The number of carbonyl (C=O) groups is 2. The van der Waals surface area contributed by atoms with Crippen LogP contribution in [0.1, 0.15) is 37.4 Å². The van der Waals surface area contributed by atoms with Crippen LogP contribution in [-0.2, 0) is 12.8 Å². The smallest absolute Gasteiger partial charge is 0.335 e. The second kappa shape index (κ2) is 6.22. The zero-order valence-electron chi connectivity index (χ0n) is 11.7. The van der Waals surface area contributed by atoms with Gasteiger partial charge in [-0.3, -0.25) is 0 Å². The van der Waals surface area contributed by atoms with E-state index in [2.05, 4.69) is 0 Å². The third kappa shape index (κ3) is 3.48. The monoisotopic (exact) mass is 284 g/mol. The molecule has 4 nitrogen and oxygen atoms in total. The quantitative estimate of drug-likeness (QED) is 0.884. The Morgan fingerprint density at radius 2 is 1.57 bits per heavy atom. The van der Waals surface area contributed by atoms with Crippen molar-refractivity contribution in [2.45, 2.75) is 19.8 Å². The first kappa shape index (κ1) is 14.8. The van der Waals surface area contributed by atoms with Gasteiger partial charge in [0.25, 0.3) is 0 Å². The first-order valence-electron chi connectivity index (χ1n) is 6.63. The van der Waals surface area contributed by atoms with Crippen LogP contribution in [-0.4, -0.2) is 22.2 Å². The molecular weight excluding hydrogens is 268 g/mol. The van der Waals surface area contributed by atoms with E-state index >= 15 is 0 Å². The standard InChI is InChI=1S/C17H16O4/c1-11-4-2-3-5-12(11)6-7-13-10-14(16(18)19)8-9-15(13)17(20)21/h2-5,8-10H,6-7H2,1H3,(H,18,19)(H,20,21). The minimum absolute atomic E-state index is 0.111. The summed E-state index contributed by atoms with van der Waals surface area (Å²) in [6, 6.07) is 12.0. The van der Waals surface area contributed by atoms with E-state index in [4.69, 9.17) is 5.11 Å². The lowest BCUT2D eigenvalue weighted by molar-refractivity contribution is 0.0680. The molecule has 0 aliphatic carbocycles. The Hall–Kier alpha value is -2.62. The van der Waals surface area contributed by atoms with Gasteiger partial charge >= 0.3 is 11.9 Å². The van der Waals surface area contributed by atoms with Crippen LogP contribution in [0.5, 0.6) is 0 Å². The fourth-order valence-electron chi connectivity index (χ4n) is 2.30. The van der Waals surface area contributed by atoms with Gasteiger partial charge in [-0.2, -0.15) is 0 Å². The molecule has 0 unspecified atom stereocenters. The number of benzene rings is 2. The van der Waals surface area contributed by atoms with Crippen LogP contribution in [0, 0.1) is 6.92 Å². The van der Waals surface area contributed by atoms with Gasteiger partial charge in [0, 0.05) is 0 Å². The largest absolute Gasteiger partial charge is 0.478 e. The average molecular weight is 284 g/mol. The summed E-state index contributed by atoms with van der Waals surface area (Å²) in [6.45, 7) is 2.00. The van der Waals surface area contributed by atoms with Crippen LogP contribution in [0.4, 0.5) is 0 Å². The third-order valence-electron chi connectivity index (χ3n) is 3.51. The fourth-order valence-corrected chi connectivity index (χ4v) is 2.30. The van der Waals surface area contributed by atoms with Crippen molar-refractivity contribution in [3.05, 3.63) is 70.3 Å². The van der Waals surface area contributed by atoms with Gasteiger partial charge in [0.15, 0.2) is 0 Å². The lowest BCUT2D eigenvalue weighted by Gasteiger charge is -2.09. The highest BCUT2D eigenvalue weighted by molar-refractivity contribution is 5.93. The maximum atomic E-state index is 11.2. The summed E-state index contributed by atoms with van der Waals surface area (Å²) in [4.78, 5) is 22.2. The highest BCUT2D eigenvalue weighted by Gasteiger charge is 2.13. The van der Waals surface area contributed by atoms with E-state index in [-0.39, 0.29) is 11.1 Å². The summed E-state index contributed by atoms with van der Waals surface area (Å²) in [5.74, 6) is -2.09. The van der Waals surface area contributed by atoms with Crippen molar-refractivity contribution in [3.63, 3.8) is 0 Å². The summed E-state index contributed by atoms with van der Waals surface area (Å²) in [5.41, 5.74) is 3.09. The van der Waals surface area contributed by atoms with Crippen LogP contribution in [0.3, 0.4) is 0 Å². The molecule has 21 heavy (non-hydrogen) atoms. The maximum absolute atomic E-state index is 11.2. The molecule has 0 aromatic heterocycles. The van der Waals surface area contributed by atoms with Gasteiger partial charge < -0.3 is 10.2 Å². The normalized spacial score (nSPS) is 10.3. The van der Waals surface area contributed by atoms with E-state index in [1.807, 2.05) is 31.2 Å². The number of hydrogen-bond donors (Lipinski definition) is 2. The van der Waals surface area contributed by atoms with E-state index in [9.17, 15) is 14.7 Å². The number of carboxylic acid groups (broad SMARTS) is 2. The van der Waals surface area contributed by atoms with Gasteiger partial charge in [0.2, 0.25) is 0 Å². The number of carboxylic acids is 2. The van der Waals surface area contributed by atoms with Gasteiger partial charge in [-0.1, -0.05) is 24.3 Å². The molecule has 0 heterocycles. The summed E-state index contributed by atoms with van der Waals surface area (Å²) >= 11 is 0. The van der Waals surface area contributed by atoms with E-state index in [1.54, 1.807) is 0 Å². The SMILES string of the molecule is Cc1ccccc1CCc1cc(C(=O)O)ccc1C(=O)O. The molecule has 0 radical (unpaired) electrons. The summed E-state index contributed by atoms with van der Waals surface area (Å²) in [6.07, 6.45) is 1.17. The Morgan fingerprint density at radius 1 is 0.905 bits per heavy atom. The molecule has 0 amide bonds. The second-order valence-electron chi connectivity index (χ2n) is 4.91. The molecule has 0 saturated heterocycles. The highest BCUT2D eigenvalue weighted by Crippen LogP contribution is 2.17. The van der Waals surface area contributed by atoms with Crippen LogP contribution >= 0.6 is 0 Å². The van der Waals surface area contributed by atoms with E-state index in [1.165, 1.54) is 18.2 Å². The highest BCUT2D eigenvalue weighted by atomic mass is 16.4. The van der Waals surface area contributed by atoms with Crippen molar-refractivity contribution in [1.82, 2.24) is 0 Å². The van der Waals surface area contributed by atoms with Crippen LogP contribution in [0.15, 0.2) is 42.5 Å². The Labute approximate surface area is 122 Å². The minimum Gasteiger partial charge on any atom is -0.478 e. The Morgan fingerprint density at radius 3 is 2.19 bits per heavy atom. The minimum atomic E-state index is -1.05. The molecule has 0 spiro atoms.